The quantitative estimate of drug-likeness (QED) is 0.589. The molecule has 0 saturated heterocycles. The Bertz CT molecular complexity index is 899. The van der Waals surface area contributed by atoms with Crippen LogP contribution < -0.4 is 5.32 Å². The predicted octanol–water partition coefficient (Wildman–Crippen LogP) is 5.80. The Hall–Kier alpha value is -2.27. The summed E-state index contributed by atoms with van der Waals surface area (Å²) < 4.78 is 13.2. The van der Waals surface area contributed by atoms with Gasteiger partial charge in [0.2, 0.25) is 0 Å². The van der Waals surface area contributed by atoms with Crippen LogP contribution in [0.2, 0.25) is 0 Å². The van der Waals surface area contributed by atoms with E-state index in [1.807, 2.05) is 0 Å². The van der Waals surface area contributed by atoms with E-state index in [0.29, 0.717) is 0 Å². The maximum Gasteiger partial charge on any atom is 0.138 e. The van der Waals surface area contributed by atoms with E-state index in [2.05, 4.69) is 26.7 Å². The van der Waals surface area contributed by atoms with Gasteiger partial charge in [0, 0.05) is 17.5 Å². The standard InChI is InChI=1S/C20H20FN3S/c21-16-8-6-15(7-9-16)17-12-25-20-18(17)19(23-13-24-20)22-11-10-14-4-2-1-3-5-14/h4,6-9,12-13H,1-3,5,10-11H2,(H,22,23,24). The van der Waals surface area contributed by atoms with Gasteiger partial charge in [0.05, 0.1) is 5.39 Å². The summed E-state index contributed by atoms with van der Waals surface area (Å²) in [6, 6.07) is 6.59. The highest BCUT2D eigenvalue weighted by molar-refractivity contribution is 7.17. The van der Waals surface area contributed by atoms with E-state index in [0.717, 1.165) is 40.1 Å². The van der Waals surface area contributed by atoms with Crippen LogP contribution in [0.1, 0.15) is 32.1 Å². The van der Waals surface area contributed by atoms with Crippen molar-refractivity contribution in [3.05, 3.63) is 53.4 Å². The van der Waals surface area contributed by atoms with Crippen LogP contribution >= 0.6 is 11.3 Å². The third-order valence-electron chi connectivity index (χ3n) is 4.65. The number of thiophene rings is 1. The fourth-order valence-electron chi connectivity index (χ4n) is 3.32. The molecule has 2 heterocycles. The van der Waals surface area contributed by atoms with E-state index in [1.54, 1.807) is 35.4 Å². The first-order chi connectivity index (χ1) is 12.3. The van der Waals surface area contributed by atoms with Gasteiger partial charge in [-0.1, -0.05) is 23.8 Å². The molecule has 0 saturated carbocycles. The first-order valence-electron chi connectivity index (χ1n) is 8.71. The number of hydrogen-bond acceptors (Lipinski definition) is 4. The lowest BCUT2D eigenvalue weighted by atomic mass is 9.97. The Kier molecular flexibility index (Phi) is 4.74. The first-order valence-corrected chi connectivity index (χ1v) is 9.59. The average Bonchev–Trinajstić information content (AvgIpc) is 3.08. The van der Waals surface area contributed by atoms with Gasteiger partial charge in [-0.3, -0.25) is 0 Å². The molecule has 128 valence electrons. The summed E-state index contributed by atoms with van der Waals surface area (Å²) in [7, 11) is 0. The lowest BCUT2D eigenvalue weighted by Gasteiger charge is -2.13. The van der Waals surface area contributed by atoms with Crippen LogP contribution in [0.25, 0.3) is 21.3 Å². The number of nitrogens with zero attached hydrogens (tertiary/aromatic N) is 2. The summed E-state index contributed by atoms with van der Waals surface area (Å²) in [6.07, 6.45) is 10.1. The number of rotatable bonds is 5. The highest BCUT2D eigenvalue weighted by Gasteiger charge is 2.13. The van der Waals surface area contributed by atoms with Gasteiger partial charge in [0.25, 0.3) is 0 Å². The van der Waals surface area contributed by atoms with Gasteiger partial charge >= 0.3 is 0 Å². The minimum absolute atomic E-state index is 0.223. The summed E-state index contributed by atoms with van der Waals surface area (Å²) in [4.78, 5) is 9.79. The SMILES string of the molecule is Fc1ccc(-c2csc3ncnc(NCCC4=CCCCC4)c23)cc1. The fraction of sp³-hybridized carbons (Fsp3) is 0.300. The van der Waals surface area contributed by atoms with Gasteiger partial charge < -0.3 is 5.32 Å². The van der Waals surface area contributed by atoms with Crippen LogP contribution in [0.5, 0.6) is 0 Å². The molecule has 3 nitrogen and oxygen atoms in total. The van der Waals surface area contributed by atoms with E-state index >= 15 is 0 Å². The zero-order valence-electron chi connectivity index (χ0n) is 14.0. The number of allylic oxidation sites excluding steroid dienone is 1. The largest absolute Gasteiger partial charge is 0.369 e. The Morgan fingerprint density at radius 1 is 1.12 bits per heavy atom. The summed E-state index contributed by atoms with van der Waals surface area (Å²) >= 11 is 1.59. The van der Waals surface area contributed by atoms with Crippen molar-refractivity contribution in [2.75, 3.05) is 11.9 Å². The molecule has 0 spiro atoms. The second-order valence-electron chi connectivity index (χ2n) is 6.34. The lowest BCUT2D eigenvalue weighted by Crippen LogP contribution is -2.06. The van der Waals surface area contributed by atoms with E-state index in [-0.39, 0.29) is 5.82 Å². The van der Waals surface area contributed by atoms with Crippen LogP contribution in [0, 0.1) is 5.82 Å². The molecule has 0 amide bonds. The molecule has 25 heavy (non-hydrogen) atoms. The lowest BCUT2D eigenvalue weighted by molar-refractivity contribution is 0.628. The number of aromatic nitrogens is 2. The second-order valence-corrected chi connectivity index (χ2v) is 7.20. The summed E-state index contributed by atoms with van der Waals surface area (Å²) in [6.45, 7) is 0.872. The van der Waals surface area contributed by atoms with E-state index < -0.39 is 0 Å². The van der Waals surface area contributed by atoms with Crippen molar-refractivity contribution < 1.29 is 4.39 Å². The first kappa shape index (κ1) is 16.2. The number of hydrogen-bond donors (Lipinski definition) is 1. The molecule has 4 rings (SSSR count). The zero-order chi connectivity index (χ0) is 17.1. The van der Waals surface area contributed by atoms with Crippen molar-refractivity contribution >= 4 is 27.4 Å². The molecule has 0 radical (unpaired) electrons. The van der Waals surface area contributed by atoms with Crippen molar-refractivity contribution in [1.29, 1.82) is 0 Å². The molecular weight excluding hydrogens is 333 g/mol. The van der Waals surface area contributed by atoms with Gasteiger partial charge in [-0.25, -0.2) is 14.4 Å². The maximum atomic E-state index is 13.2. The van der Waals surface area contributed by atoms with Crippen molar-refractivity contribution in [3.63, 3.8) is 0 Å². The molecule has 2 aromatic heterocycles. The van der Waals surface area contributed by atoms with Crippen molar-refractivity contribution in [1.82, 2.24) is 9.97 Å². The monoisotopic (exact) mass is 353 g/mol. The minimum Gasteiger partial charge on any atom is -0.369 e. The van der Waals surface area contributed by atoms with E-state index in [4.69, 9.17) is 0 Å². The van der Waals surface area contributed by atoms with Crippen LogP contribution in [0.4, 0.5) is 10.2 Å². The van der Waals surface area contributed by atoms with Gasteiger partial charge in [0.15, 0.2) is 0 Å². The van der Waals surface area contributed by atoms with Crippen molar-refractivity contribution in [2.24, 2.45) is 0 Å². The van der Waals surface area contributed by atoms with Gasteiger partial charge in [-0.2, -0.15) is 0 Å². The number of anilines is 1. The normalized spacial score (nSPS) is 14.5. The summed E-state index contributed by atoms with van der Waals surface area (Å²) in [5, 5.41) is 6.58. The highest BCUT2D eigenvalue weighted by atomic mass is 32.1. The molecule has 5 heteroatoms. The van der Waals surface area contributed by atoms with Crippen LogP contribution in [0.3, 0.4) is 0 Å². The molecule has 1 aromatic carbocycles. The van der Waals surface area contributed by atoms with E-state index in [1.165, 1.54) is 37.8 Å². The minimum atomic E-state index is -0.223. The molecule has 0 aliphatic heterocycles. The third-order valence-corrected chi connectivity index (χ3v) is 5.54. The van der Waals surface area contributed by atoms with Crippen molar-refractivity contribution in [3.8, 4) is 11.1 Å². The topological polar surface area (TPSA) is 37.8 Å². The molecule has 3 aromatic rings. The number of halogens is 1. The van der Waals surface area contributed by atoms with Gasteiger partial charge in [-0.15, -0.1) is 11.3 Å². The molecule has 1 aliphatic carbocycles. The van der Waals surface area contributed by atoms with Crippen molar-refractivity contribution in [2.45, 2.75) is 32.1 Å². The Balaban J connectivity index is 1.59. The van der Waals surface area contributed by atoms with Gasteiger partial charge in [-0.05, 0) is 49.8 Å². The average molecular weight is 353 g/mol. The number of benzene rings is 1. The third kappa shape index (κ3) is 3.56. The summed E-state index contributed by atoms with van der Waals surface area (Å²) in [5.41, 5.74) is 3.59. The Labute approximate surface area is 150 Å². The summed E-state index contributed by atoms with van der Waals surface area (Å²) in [5.74, 6) is 0.639. The Morgan fingerprint density at radius 3 is 2.80 bits per heavy atom. The smallest absolute Gasteiger partial charge is 0.138 e. The van der Waals surface area contributed by atoms with Crippen LogP contribution in [-0.2, 0) is 0 Å². The molecule has 0 fully saturated rings. The molecule has 0 unspecified atom stereocenters. The molecule has 1 aliphatic rings. The molecule has 1 N–H and O–H groups in total. The van der Waals surface area contributed by atoms with E-state index in [9.17, 15) is 4.39 Å². The van der Waals surface area contributed by atoms with Crippen LogP contribution in [-0.4, -0.2) is 16.5 Å². The fourth-order valence-corrected chi connectivity index (χ4v) is 4.24. The van der Waals surface area contributed by atoms with Crippen LogP contribution in [0.15, 0.2) is 47.6 Å². The maximum absolute atomic E-state index is 13.2. The zero-order valence-corrected chi connectivity index (χ0v) is 14.8. The molecule has 0 bridgehead atoms. The number of fused-ring (bicyclic) bond motifs is 1. The number of nitrogens with one attached hydrogen (secondary N) is 1. The van der Waals surface area contributed by atoms with Gasteiger partial charge in [0.1, 0.15) is 22.8 Å². The molecule has 0 atom stereocenters. The predicted molar refractivity (Wildman–Crippen MR) is 102 cm³/mol. The second kappa shape index (κ2) is 7.31. The highest BCUT2D eigenvalue weighted by Crippen LogP contribution is 2.36. The molecular formula is C20H20FN3S. The Morgan fingerprint density at radius 2 is 2.00 bits per heavy atom.